The zero-order valence-corrected chi connectivity index (χ0v) is 9.95. The van der Waals surface area contributed by atoms with E-state index in [1.165, 1.54) is 0 Å². The molecule has 0 bridgehead atoms. The minimum absolute atomic E-state index is 0. The van der Waals surface area contributed by atoms with Gasteiger partial charge in [-0.15, -0.1) is 12.4 Å². The van der Waals surface area contributed by atoms with Crippen molar-refractivity contribution in [3.63, 3.8) is 0 Å². The van der Waals surface area contributed by atoms with E-state index in [9.17, 15) is 4.79 Å². The standard InChI is InChI=1S/C12H17NO2.ClH/c13-11(8-4-5-9-12(14)15)10-6-2-1-3-7-10;/h1-3,6-7,11H,4-5,8-9,13H2,(H,14,15);1H. The molecule has 90 valence electrons. The first-order valence-corrected chi connectivity index (χ1v) is 5.22. The second-order valence-corrected chi connectivity index (χ2v) is 3.66. The van der Waals surface area contributed by atoms with Crippen molar-refractivity contribution in [2.24, 2.45) is 5.73 Å². The number of carbonyl (C=O) groups is 1. The molecule has 1 aromatic carbocycles. The molecule has 1 aromatic rings. The average Bonchev–Trinajstić information content (AvgIpc) is 2.25. The number of aliphatic carboxylic acids is 1. The Labute approximate surface area is 102 Å². The van der Waals surface area contributed by atoms with Gasteiger partial charge in [0.05, 0.1) is 0 Å². The lowest BCUT2D eigenvalue weighted by Crippen LogP contribution is -2.10. The second kappa shape index (κ2) is 8.13. The molecule has 0 aliphatic rings. The Morgan fingerprint density at radius 3 is 2.44 bits per heavy atom. The highest BCUT2D eigenvalue weighted by Crippen LogP contribution is 2.16. The Hall–Kier alpha value is -1.06. The summed E-state index contributed by atoms with van der Waals surface area (Å²) in [6, 6.07) is 9.92. The van der Waals surface area contributed by atoms with Crippen molar-refractivity contribution in [1.29, 1.82) is 0 Å². The van der Waals surface area contributed by atoms with Crippen LogP contribution < -0.4 is 5.73 Å². The molecule has 0 saturated heterocycles. The van der Waals surface area contributed by atoms with Crippen molar-refractivity contribution in [2.45, 2.75) is 31.7 Å². The molecule has 0 amide bonds. The maximum Gasteiger partial charge on any atom is 0.303 e. The molecule has 0 heterocycles. The van der Waals surface area contributed by atoms with Crippen LogP contribution >= 0.6 is 12.4 Å². The van der Waals surface area contributed by atoms with E-state index in [1.807, 2.05) is 30.3 Å². The van der Waals surface area contributed by atoms with Gasteiger partial charge >= 0.3 is 5.97 Å². The number of hydrogen-bond acceptors (Lipinski definition) is 2. The number of halogens is 1. The maximum absolute atomic E-state index is 10.3. The lowest BCUT2D eigenvalue weighted by Gasteiger charge is -2.10. The van der Waals surface area contributed by atoms with Crippen molar-refractivity contribution in [3.05, 3.63) is 35.9 Å². The summed E-state index contributed by atoms with van der Waals surface area (Å²) in [7, 11) is 0. The van der Waals surface area contributed by atoms with E-state index in [2.05, 4.69) is 0 Å². The molecular formula is C12H18ClNO2. The zero-order valence-electron chi connectivity index (χ0n) is 9.13. The average molecular weight is 244 g/mol. The molecule has 0 aliphatic carbocycles. The first-order valence-electron chi connectivity index (χ1n) is 5.22. The number of carboxylic acid groups (broad SMARTS) is 1. The molecule has 4 heteroatoms. The molecule has 0 aromatic heterocycles. The molecule has 0 spiro atoms. The SMILES string of the molecule is Cl.NC(CCCCC(=O)O)c1ccccc1. The molecule has 3 nitrogen and oxygen atoms in total. The molecule has 0 radical (unpaired) electrons. The number of rotatable bonds is 6. The van der Waals surface area contributed by atoms with Gasteiger partial charge < -0.3 is 10.8 Å². The number of benzene rings is 1. The molecule has 1 rings (SSSR count). The molecule has 1 atom stereocenters. The van der Waals surface area contributed by atoms with Crippen LogP contribution in [0.1, 0.15) is 37.3 Å². The van der Waals surface area contributed by atoms with Crippen LogP contribution in [0.25, 0.3) is 0 Å². The lowest BCUT2D eigenvalue weighted by molar-refractivity contribution is -0.137. The lowest BCUT2D eigenvalue weighted by atomic mass is 10.0. The van der Waals surface area contributed by atoms with E-state index in [-0.39, 0.29) is 24.9 Å². The second-order valence-electron chi connectivity index (χ2n) is 3.66. The highest BCUT2D eigenvalue weighted by atomic mass is 35.5. The van der Waals surface area contributed by atoms with Crippen LogP contribution in [0.4, 0.5) is 0 Å². The summed E-state index contributed by atoms with van der Waals surface area (Å²) >= 11 is 0. The van der Waals surface area contributed by atoms with Gasteiger partial charge in [0.1, 0.15) is 0 Å². The minimum Gasteiger partial charge on any atom is -0.481 e. The predicted octanol–water partition coefficient (Wildman–Crippen LogP) is 2.75. The highest BCUT2D eigenvalue weighted by molar-refractivity contribution is 5.85. The first-order chi connectivity index (χ1) is 7.20. The smallest absolute Gasteiger partial charge is 0.303 e. The summed E-state index contributed by atoms with van der Waals surface area (Å²) in [6.45, 7) is 0. The van der Waals surface area contributed by atoms with E-state index in [4.69, 9.17) is 10.8 Å². The molecule has 1 unspecified atom stereocenters. The van der Waals surface area contributed by atoms with E-state index in [0.29, 0.717) is 6.42 Å². The molecule has 0 saturated carbocycles. The van der Waals surface area contributed by atoms with Crippen molar-refractivity contribution in [1.82, 2.24) is 0 Å². The van der Waals surface area contributed by atoms with Crippen molar-refractivity contribution < 1.29 is 9.90 Å². The Morgan fingerprint density at radius 1 is 1.25 bits per heavy atom. The third-order valence-corrected chi connectivity index (χ3v) is 2.38. The van der Waals surface area contributed by atoms with Gasteiger partial charge in [-0.05, 0) is 18.4 Å². The number of carboxylic acids is 1. The van der Waals surface area contributed by atoms with Crippen LogP contribution in [-0.2, 0) is 4.79 Å². The van der Waals surface area contributed by atoms with Gasteiger partial charge in [-0.2, -0.15) is 0 Å². The van der Waals surface area contributed by atoms with Crippen molar-refractivity contribution in [3.8, 4) is 0 Å². The normalized spacial score (nSPS) is 11.6. The van der Waals surface area contributed by atoms with E-state index < -0.39 is 5.97 Å². The topological polar surface area (TPSA) is 63.3 Å². The monoisotopic (exact) mass is 243 g/mol. The van der Waals surface area contributed by atoms with Crippen LogP contribution in [0.2, 0.25) is 0 Å². The van der Waals surface area contributed by atoms with Crippen LogP contribution in [0.5, 0.6) is 0 Å². The predicted molar refractivity (Wildman–Crippen MR) is 66.7 cm³/mol. The van der Waals surface area contributed by atoms with Gasteiger partial charge in [-0.3, -0.25) is 4.79 Å². The number of nitrogens with two attached hydrogens (primary N) is 1. The fourth-order valence-electron chi connectivity index (χ4n) is 1.51. The third-order valence-electron chi connectivity index (χ3n) is 2.38. The fraction of sp³-hybridized carbons (Fsp3) is 0.417. The highest BCUT2D eigenvalue weighted by Gasteiger charge is 2.05. The third kappa shape index (κ3) is 5.73. The molecule has 3 N–H and O–H groups in total. The Kier molecular flexibility index (Phi) is 7.60. The molecular weight excluding hydrogens is 226 g/mol. The summed E-state index contributed by atoms with van der Waals surface area (Å²) in [5, 5.41) is 8.46. The maximum atomic E-state index is 10.3. The van der Waals surface area contributed by atoms with Gasteiger partial charge in [0.25, 0.3) is 0 Å². The summed E-state index contributed by atoms with van der Waals surface area (Å²) in [6.07, 6.45) is 2.65. The molecule has 0 aliphatic heterocycles. The van der Waals surface area contributed by atoms with Gasteiger partial charge in [0.2, 0.25) is 0 Å². The van der Waals surface area contributed by atoms with E-state index >= 15 is 0 Å². The Bertz CT molecular complexity index is 303. The fourth-order valence-corrected chi connectivity index (χ4v) is 1.51. The van der Waals surface area contributed by atoms with Gasteiger partial charge in [-0.25, -0.2) is 0 Å². The Morgan fingerprint density at radius 2 is 1.88 bits per heavy atom. The summed E-state index contributed by atoms with van der Waals surface area (Å²) < 4.78 is 0. The van der Waals surface area contributed by atoms with Gasteiger partial charge in [-0.1, -0.05) is 36.8 Å². The quantitative estimate of drug-likeness (QED) is 0.756. The zero-order chi connectivity index (χ0) is 11.1. The molecule has 0 fully saturated rings. The molecule has 16 heavy (non-hydrogen) atoms. The minimum atomic E-state index is -0.733. The van der Waals surface area contributed by atoms with Crippen molar-refractivity contribution in [2.75, 3.05) is 0 Å². The van der Waals surface area contributed by atoms with Crippen molar-refractivity contribution >= 4 is 18.4 Å². The number of unbranched alkanes of at least 4 members (excludes halogenated alkanes) is 1. The largest absolute Gasteiger partial charge is 0.481 e. The van der Waals surface area contributed by atoms with E-state index in [0.717, 1.165) is 18.4 Å². The van der Waals surface area contributed by atoms with Gasteiger partial charge in [0, 0.05) is 12.5 Å². The van der Waals surface area contributed by atoms with Crippen LogP contribution in [0, 0.1) is 0 Å². The van der Waals surface area contributed by atoms with Crippen LogP contribution in [-0.4, -0.2) is 11.1 Å². The first kappa shape index (κ1) is 14.9. The van der Waals surface area contributed by atoms with Crippen LogP contribution in [0.15, 0.2) is 30.3 Å². The summed E-state index contributed by atoms with van der Waals surface area (Å²) in [5.41, 5.74) is 7.08. The summed E-state index contributed by atoms with van der Waals surface area (Å²) in [5.74, 6) is -0.733. The van der Waals surface area contributed by atoms with E-state index in [1.54, 1.807) is 0 Å². The summed E-state index contributed by atoms with van der Waals surface area (Å²) in [4.78, 5) is 10.3. The van der Waals surface area contributed by atoms with Crippen LogP contribution in [0.3, 0.4) is 0 Å². The number of hydrogen-bond donors (Lipinski definition) is 2. The Balaban J connectivity index is 0.00000225. The van der Waals surface area contributed by atoms with Gasteiger partial charge in [0.15, 0.2) is 0 Å².